The van der Waals surface area contributed by atoms with Crippen LogP contribution >= 0.6 is 0 Å². The first kappa shape index (κ1) is 11.2. The minimum atomic E-state index is 0.236. The lowest BCUT2D eigenvalue weighted by Crippen LogP contribution is -1.73. The Morgan fingerprint density at radius 1 is 1.00 bits per heavy atom. The van der Waals surface area contributed by atoms with Crippen molar-refractivity contribution in [3.8, 4) is 0 Å². The van der Waals surface area contributed by atoms with E-state index < -0.39 is 0 Å². The third kappa shape index (κ3) is 9.18. The number of hydrogen-bond donors (Lipinski definition) is 1. The van der Waals surface area contributed by atoms with Crippen LogP contribution in [0.15, 0.2) is 36.5 Å². The van der Waals surface area contributed by atoms with Crippen LogP contribution in [0, 0.1) is 0 Å². The third-order valence-electron chi connectivity index (χ3n) is 1.35. The van der Waals surface area contributed by atoms with Gasteiger partial charge in [0.05, 0.1) is 0 Å². The van der Waals surface area contributed by atoms with E-state index in [1.807, 2.05) is 18.2 Å². The van der Waals surface area contributed by atoms with Gasteiger partial charge in [0.25, 0.3) is 0 Å². The van der Waals surface area contributed by atoms with Crippen molar-refractivity contribution in [1.29, 1.82) is 0 Å². The number of hydrogen-bond acceptors (Lipinski definition) is 1. The maximum Gasteiger partial charge on any atom is 0.0465 e. The summed E-state index contributed by atoms with van der Waals surface area (Å²) in [5.74, 6) is 0. The molecule has 0 aliphatic rings. The quantitative estimate of drug-likeness (QED) is 0.475. The molecule has 1 heteroatoms. The Labute approximate surface area is 75.1 Å². The minimum absolute atomic E-state index is 0.236. The predicted octanol–water partition coefficient (Wildman–Crippen LogP) is 2.84. The Bertz CT molecular complexity index is 154. The molecule has 12 heavy (non-hydrogen) atoms. The highest BCUT2D eigenvalue weighted by Gasteiger charge is 1.71. The fourth-order valence-electron chi connectivity index (χ4n) is 0.748. The highest BCUT2D eigenvalue weighted by molar-refractivity contribution is 5.04. The van der Waals surface area contributed by atoms with E-state index >= 15 is 0 Å². The fraction of sp³-hybridized carbons (Fsp3) is 0.455. The van der Waals surface area contributed by atoms with E-state index in [0.29, 0.717) is 0 Å². The third-order valence-corrected chi connectivity index (χ3v) is 1.35. The molecule has 0 rings (SSSR count). The number of aliphatic hydroxyl groups excluding tert-OH is 1. The molecule has 0 heterocycles. The summed E-state index contributed by atoms with van der Waals surface area (Å²) in [6.45, 7) is 2.36. The van der Waals surface area contributed by atoms with E-state index in [9.17, 15) is 0 Å². The summed E-state index contributed by atoms with van der Waals surface area (Å²) >= 11 is 0. The van der Waals surface area contributed by atoms with E-state index in [1.165, 1.54) is 0 Å². The lowest BCUT2D eigenvalue weighted by molar-refractivity contribution is 0.302. The minimum Gasteiger partial charge on any atom is -0.396 e. The van der Waals surface area contributed by atoms with Gasteiger partial charge in [-0.05, 0) is 19.3 Å². The standard InChI is InChI=1S/C11H18O/c1-2-3-4-5-6-7-8-9-10-11-12/h3-4,6-9,12H,2,5,10-11H2,1H3/b4-3+,7-6+,9-8+. The van der Waals surface area contributed by atoms with Crippen molar-refractivity contribution in [2.45, 2.75) is 26.2 Å². The predicted molar refractivity (Wildman–Crippen MR) is 54.0 cm³/mol. The van der Waals surface area contributed by atoms with Crippen molar-refractivity contribution >= 4 is 0 Å². The Hall–Kier alpha value is -0.820. The van der Waals surface area contributed by atoms with Gasteiger partial charge in [-0.3, -0.25) is 0 Å². The Kier molecular flexibility index (Phi) is 9.48. The number of rotatable bonds is 6. The van der Waals surface area contributed by atoms with E-state index in [4.69, 9.17) is 5.11 Å². The molecule has 0 aromatic rings. The summed E-state index contributed by atoms with van der Waals surface area (Å²) in [6, 6.07) is 0. The van der Waals surface area contributed by atoms with Crippen molar-refractivity contribution in [3.63, 3.8) is 0 Å². The van der Waals surface area contributed by atoms with Gasteiger partial charge >= 0.3 is 0 Å². The first-order chi connectivity index (χ1) is 5.91. The van der Waals surface area contributed by atoms with Gasteiger partial charge in [0, 0.05) is 6.61 Å². The zero-order chi connectivity index (χ0) is 9.07. The van der Waals surface area contributed by atoms with Gasteiger partial charge in [0.15, 0.2) is 0 Å². The average Bonchev–Trinajstić information content (AvgIpc) is 2.10. The summed E-state index contributed by atoms with van der Waals surface area (Å²) in [7, 11) is 0. The van der Waals surface area contributed by atoms with Crippen LogP contribution in [0.3, 0.4) is 0 Å². The molecule has 0 spiro atoms. The van der Waals surface area contributed by atoms with Crippen molar-refractivity contribution in [2.75, 3.05) is 6.61 Å². The van der Waals surface area contributed by atoms with Gasteiger partial charge in [0.1, 0.15) is 0 Å². The van der Waals surface area contributed by atoms with Crippen LogP contribution in [-0.4, -0.2) is 11.7 Å². The van der Waals surface area contributed by atoms with Gasteiger partial charge in [-0.2, -0.15) is 0 Å². The molecule has 0 aromatic heterocycles. The van der Waals surface area contributed by atoms with E-state index in [-0.39, 0.29) is 6.61 Å². The second-order valence-electron chi connectivity index (χ2n) is 2.48. The normalized spacial score (nSPS) is 12.5. The summed E-state index contributed by atoms with van der Waals surface area (Å²) in [5.41, 5.74) is 0. The maximum atomic E-state index is 8.45. The van der Waals surface area contributed by atoms with Crippen LogP contribution in [0.5, 0.6) is 0 Å². The zero-order valence-electron chi connectivity index (χ0n) is 7.74. The maximum absolute atomic E-state index is 8.45. The molecular weight excluding hydrogens is 148 g/mol. The van der Waals surface area contributed by atoms with Crippen molar-refractivity contribution in [2.24, 2.45) is 0 Å². The van der Waals surface area contributed by atoms with E-state index in [0.717, 1.165) is 19.3 Å². The van der Waals surface area contributed by atoms with E-state index in [1.54, 1.807) is 0 Å². The largest absolute Gasteiger partial charge is 0.396 e. The van der Waals surface area contributed by atoms with Crippen LogP contribution in [0.1, 0.15) is 26.2 Å². The molecule has 0 aliphatic carbocycles. The summed E-state index contributed by atoms with van der Waals surface area (Å²) in [5, 5.41) is 8.45. The topological polar surface area (TPSA) is 20.2 Å². The molecule has 0 amide bonds. The lowest BCUT2D eigenvalue weighted by Gasteiger charge is -1.81. The molecule has 0 aromatic carbocycles. The molecule has 0 radical (unpaired) electrons. The first-order valence-electron chi connectivity index (χ1n) is 4.49. The molecular formula is C11H18O. The van der Waals surface area contributed by atoms with Crippen LogP contribution in [-0.2, 0) is 0 Å². The zero-order valence-corrected chi connectivity index (χ0v) is 7.74. The monoisotopic (exact) mass is 166 g/mol. The van der Waals surface area contributed by atoms with Crippen LogP contribution in [0.4, 0.5) is 0 Å². The molecule has 0 fully saturated rings. The summed E-state index contributed by atoms with van der Waals surface area (Å²) in [6.07, 6.45) is 15.2. The van der Waals surface area contributed by atoms with Crippen LogP contribution < -0.4 is 0 Å². The molecule has 0 aliphatic heterocycles. The Morgan fingerprint density at radius 2 is 1.75 bits per heavy atom. The molecule has 0 saturated carbocycles. The number of allylic oxidation sites excluding steroid dienone is 5. The summed E-state index contributed by atoms with van der Waals surface area (Å²) in [4.78, 5) is 0. The van der Waals surface area contributed by atoms with Crippen LogP contribution in [0.2, 0.25) is 0 Å². The molecule has 0 atom stereocenters. The highest BCUT2D eigenvalue weighted by atomic mass is 16.2. The van der Waals surface area contributed by atoms with E-state index in [2.05, 4.69) is 25.2 Å². The van der Waals surface area contributed by atoms with Crippen LogP contribution in [0.25, 0.3) is 0 Å². The molecule has 0 bridgehead atoms. The van der Waals surface area contributed by atoms with Gasteiger partial charge in [-0.1, -0.05) is 43.4 Å². The molecule has 0 saturated heterocycles. The highest BCUT2D eigenvalue weighted by Crippen LogP contribution is 1.89. The molecule has 1 nitrogen and oxygen atoms in total. The smallest absolute Gasteiger partial charge is 0.0465 e. The molecule has 1 N–H and O–H groups in total. The molecule has 0 unspecified atom stereocenters. The van der Waals surface area contributed by atoms with Crippen molar-refractivity contribution in [3.05, 3.63) is 36.5 Å². The number of aliphatic hydroxyl groups is 1. The Balaban J connectivity index is 3.30. The van der Waals surface area contributed by atoms with Gasteiger partial charge in [-0.25, -0.2) is 0 Å². The van der Waals surface area contributed by atoms with Crippen molar-refractivity contribution in [1.82, 2.24) is 0 Å². The van der Waals surface area contributed by atoms with Gasteiger partial charge < -0.3 is 5.11 Å². The van der Waals surface area contributed by atoms with Crippen molar-refractivity contribution < 1.29 is 5.11 Å². The van der Waals surface area contributed by atoms with Gasteiger partial charge in [0.2, 0.25) is 0 Å². The molecule has 68 valence electrons. The van der Waals surface area contributed by atoms with Gasteiger partial charge in [-0.15, -0.1) is 0 Å². The lowest BCUT2D eigenvalue weighted by atomic mass is 10.3. The first-order valence-corrected chi connectivity index (χ1v) is 4.49. The second kappa shape index (κ2) is 10.2. The second-order valence-corrected chi connectivity index (χ2v) is 2.48. The summed E-state index contributed by atoms with van der Waals surface area (Å²) < 4.78 is 0. The Morgan fingerprint density at radius 3 is 2.42 bits per heavy atom. The SMILES string of the molecule is CC/C=C/C/C=C/C=C/CCO. The average molecular weight is 166 g/mol. The fourth-order valence-corrected chi connectivity index (χ4v) is 0.748.